The van der Waals surface area contributed by atoms with Gasteiger partial charge in [0.15, 0.2) is 0 Å². The van der Waals surface area contributed by atoms with Crippen LogP contribution in [0, 0.1) is 20.0 Å². The van der Waals surface area contributed by atoms with Crippen molar-refractivity contribution in [3.63, 3.8) is 0 Å². The number of benzene rings is 1. The maximum Gasteiger partial charge on any atom is 0 e. The average molecular weight is 517 g/mol. The Morgan fingerprint density at radius 3 is 2.16 bits per heavy atom. The Morgan fingerprint density at radius 1 is 1.16 bits per heavy atom. The van der Waals surface area contributed by atoms with Crippen LogP contribution in [-0.2, 0) is 52.1 Å². The van der Waals surface area contributed by atoms with Gasteiger partial charge in [0.2, 0.25) is 0 Å². The molecule has 0 saturated carbocycles. The molecular weight excluding hydrogens is 502 g/mol. The Morgan fingerprint density at radius 2 is 1.68 bits per heavy atom. The number of hydrogen-bond donors (Lipinski definition) is 2. The number of rotatable bonds is 5. The molecule has 1 aromatic carbocycles. The number of carboxylic acid groups (broad SMARTS) is 1. The number of hydrogen-bond acceptors (Lipinski definition) is 4. The fourth-order valence-corrected chi connectivity index (χ4v) is 1.59. The van der Waals surface area contributed by atoms with Crippen molar-refractivity contribution < 1.29 is 44.3 Å². The van der Waals surface area contributed by atoms with Crippen LogP contribution in [-0.4, -0.2) is 32.1 Å². The van der Waals surface area contributed by atoms with Crippen LogP contribution in [0.3, 0.4) is 0 Å². The van der Waals surface area contributed by atoms with Crippen LogP contribution < -0.4 is 5.73 Å². The van der Waals surface area contributed by atoms with Crippen molar-refractivity contribution in [1.82, 2.24) is 15.0 Å². The summed E-state index contributed by atoms with van der Waals surface area (Å²) in [7, 11) is 0. The summed E-state index contributed by atoms with van der Waals surface area (Å²) in [4.78, 5) is 10.6. The van der Waals surface area contributed by atoms with E-state index in [4.69, 9.17) is 24.8 Å². The van der Waals surface area contributed by atoms with Crippen LogP contribution in [0.1, 0.15) is 11.3 Å². The molecule has 1 unspecified atom stereocenters. The number of nitrogens with zero attached hydrogens (tertiary/aromatic N) is 3. The van der Waals surface area contributed by atoms with Gasteiger partial charge in [0.05, 0.1) is 12.2 Å². The van der Waals surface area contributed by atoms with Crippen molar-refractivity contribution in [2.75, 3.05) is 0 Å². The summed E-state index contributed by atoms with van der Waals surface area (Å²) in [5.41, 5.74) is 7.34. The molecule has 0 spiro atoms. The summed E-state index contributed by atoms with van der Waals surface area (Å²) >= 11 is 0. The minimum absolute atomic E-state index is 0. The normalized spacial score (nSPS) is 9.08. The number of nitrogens with two attached hydrogens (primary N) is 1. The van der Waals surface area contributed by atoms with Gasteiger partial charge >= 0.3 is 39.9 Å². The summed E-state index contributed by atoms with van der Waals surface area (Å²) < 4.78 is 24.0. The zero-order valence-corrected chi connectivity index (χ0v) is 15.5. The molecule has 0 saturated heterocycles. The largest absolute Gasteiger partial charge is 0 e. The first-order valence-corrected chi connectivity index (χ1v) is 6.17. The molecule has 131 valence electrons. The van der Waals surface area contributed by atoms with E-state index in [0.717, 1.165) is 11.3 Å². The minimum atomic E-state index is -1.05. The summed E-state index contributed by atoms with van der Waals surface area (Å²) in [6.07, 6.45) is 2.39. The minimum Gasteiger partial charge on any atom is 0 e. The Bertz CT molecular complexity index is 640. The van der Waals surface area contributed by atoms with E-state index >= 15 is 0 Å². The first-order chi connectivity index (χ1) is 11.6. The van der Waals surface area contributed by atoms with Crippen molar-refractivity contribution in [2.24, 2.45) is 5.73 Å². The van der Waals surface area contributed by atoms with Crippen LogP contribution in [0.25, 0.3) is 0 Å². The maximum absolute atomic E-state index is 10.6. The van der Waals surface area contributed by atoms with Gasteiger partial charge in [0.25, 0.3) is 0 Å². The van der Waals surface area contributed by atoms with E-state index in [1.54, 1.807) is 6.20 Å². The Hall–Kier alpha value is -2.33. The third-order valence-electron chi connectivity index (χ3n) is 2.52. The number of aromatic nitrogens is 3. The van der Waals surface area contributed by atoms with E-state index in [2.05, 4.69) is 30.3 Å². The molecule has 0 amide bonds. The zero-order valence-electron chi connectivity index (χ0n) is 12.8. The molecule has 25 heavy (non-hydrogen) atoms. The van der Waals surface area contributed by atoms with E-state index in [0.29, 0.717) is 6.42 Å². The molecule has 1 radical (unpaired) electrons. The molecule has 0 aliphatic rings. The van der Waals surface area contributed by atoms with Crippen LogP contribution in [0.5, 0.6) is 0 Å². The van der Waals surface area contributed by atoms with Gasteiger partial charge in [-0.1, -0.05) is 35.5 Å². The van der Waals surface area contributed by atoms with Gasteiger partial charge in [-0.3, -0.25) is 9.48 Å². The van der Waals surface area contributed by atoms with Crippen LogP contribution in [0.15, 0.2) is 36.5 Å². The molecule has 2 rings (SSSR count). The summed E-state index contributed by atoms with van der Waals surface area (Å²) in [6.45, 7) is 13.6. The van der Waals surface area contributed by atoms with E-state index < -0.39 is 12.0 Å². The van der Waals surface area contributed by atoms with Crippen molar-refractivity contribution in [3.05, 3.63) is 67.7 Å². The second kappa shape index (κ2) is 18.0. The van der Waals surface area contributed by atoms with Crippen LogP contribution in [0.4, 0.5) is 0 Å². The third kappa shape index (κ3) is 11.8. The SMILES string of the molecule is NC(Cn1cc(Cc2ccccc2)nn1)C(=O)O.[C-]#[O+].[C-]#[O+].[C-]#[O+].[Re]. The topological polar surface area (TPSA) is 154 Å². The first kappa shape index (κ1) is 27.5. The summed E-state index contributed by atoms with van der Waals surface area (Å²) in [5.74, 6) is -1.05. The standard InChI is InChI=1S/C12H14N4O2.3CO.Re/c13-11(12(17)18)8-16-7-10(14-15-16)6-9-4-2-1-3-5-9;3*1-2;/h1-5,7,11H,6,8,13H2,(H,17,18);;;;. The average Bonchev–Trinajstić information content (AvgIpc) is 3.08. The first-order valence-electron chi connectivity index (χ1n) is 6.17. The molecular formula is C15H14N4O5Re. The monoisotopic (exact) mass is 517 g/mol. The van der Waals surface area contributed by atoms with Crippen molar-refractivity contribution in [2.45, 2.75) is 19.0 Å². The second-order valence-corrected chi connectivity index (χ2v) is 4.04. The van der Waals surface area contributed by atoms with Gasteiger partial charge < -0.3 is 10.8 Å². The predicted molar refractivity (Wildman–Crippen MR) is 76.7 cm³/mol. The van der Waals surface area contributed by atoms with Gasteiger partial charge in [-0.2, -0.15) is 0 Å². The Labute approximate surface area is 158 Å². The number of carboxylic acids is 1. The molecule has 0 aliphatic heterocycles. The fourth-order valence-electron chi connectivity index (χ4n) is 1.59. The van der Waals surface area contributed by atoms with E-state index in [9.17, 15) is 4.79 Å². The van der Waals surface area contributed by atoms with Gasteiger partial charge in [0, 0.05) is 33.0 Å². The molecule has 0 aliphatic carbocycles. The molecule has 0 fully saturated rings. The maximum atomic E-state index is 10.6. The smallest absolute Gasteiger partial charge is 0 e. The van der Waals surface area contributed by atoms with E-state index in [-0.39, 0.29) is 27.0 Å². The van der Waals surface area contributed by atoms with Crippen LogP contribution in [0.2, 0.25) is 0 Å². The molecule has 1 atom stereocenters. The van der Waals surface area contributed by atoms with Gasteiger partial charge in [-0.15, -0.1) is 5.10 Å². The van der Waals surface area contributed by atoms with Crippen molar-refractivity contribution in [3.8, 4) is 0 Å². The van der Waals surface area contributed by atoms with Crippen molar-refractivity contribution >= 4 is 5.97 Å². The second-order valence-electron chi connectivity index (χ2n) is 4.04. The fraction of sp³-hybridized carbons (Fsp3) is 0.200. The van der Waals surface area contributed by atoms with Gasteiger partial charge in [-0.25, -0.2) is 0 Å². The molecule has 9 nitrogen and oxygen atoms in total. The third-order valence-corrected chi connectivity index (χ3v) is 2.52. The molecule has 1 heterocycles. The van der Waals surface area contributed by atoms with E-state index in [1.807, 2.05) is 30.3 Å². The van der Waals surface area contributed by atoms with E-state index in [1.165, 1.54) is 4.68 Å². The quantitative estimate of drug-likeness (QED) is 0.428. The molecule has 0 bridgehead atoms. The predicted octanol–water partition coefficient (Wildman–Crippen LogP) is 0.166. The molecule has 10 heteroatoms. The Kier molecular flexibility index (Phi) is 19.8. The Balaban J connectivity index is -0.000000626. The van der Waals surface area contributed by atoms with Gasteiger partial charge in [0.1, 0.15) is 6.04 Å². The van der Waals surface area contributed by atoms with Crippen molar-refractivity contribution in [1.29, 1.82) is 0 Å². The summed E-state index contributed by atoms with van der Waals surface area (Å²) in [5, 5.41) is 16.5. The molecule has 1 aromatic heterocycles. The van der Waals surface area contributed by atoms with Gasteiger partial charge in [-0.05, 0) is 5.56 Å². The van der Waals surface area contributed by atoms with Crippen LogP contribution >= 0.6 is 0 Å². The summed E-state index contributed by atoms with van der Waals surface area (Å²) in [6, 6.07) is 8.91. The number of carbonyl (C=O) groups is 1. The molecule has 3 N–H and O–H groups in total. The number of aliphatic carboxylic acids is 1. The zero-order chi connectivity index (χ0) is 19.0. The molecule has 2 aromatic rings.